The number of benzene rings is 3. The summed E-state index contributed by atoms with van der Waals surface area (Å²) in [6, 6.07) is 21.4. The number of anilines is 1. The molecule has 1 atom stereocenters. The van der Waals surface area contributed by atoms with Gasteiger partial charge in [0.05, 0.1) is 13.0 Å². The maximum Gasteiger partial charge on any atom is 0.247 e. The predicted octanol–water partition coefficient (Wildman–Crippen LogP) is 3.69. The Balaban J connectivity index is 1.67. The number of carbonyl (C=O) groups is 2. The van der Waals surface area contributed by atoms with Crippen LogP contribution in [0.5, 0.6) is 5.75 Å². The van der Waals surface area contributed by atoms with Gasteiger partial charge in [0, 0.05) is 12.2 Å². The molecule has 0 saturated heterocycles. The molecule has 0 bridgehead atoms. The largest absolute Gasteiger partial charge is 0.494 e. The number of hydrogen-bond acceptors (Lipinski definition) is 4. The van der Waals surface area contributed by atoms with Gasteiger partial charge >= 0.3 is 0 Å². The average molecular weight is 432 g/mol. The van der Waals surface area contributed by atoms with E-state index in [4.69, 9.17) is 10.5 Å². The van der Waals surface area contributed by atoms with Crippen LogP contribution in [0.15, 0.2) is 72.8 Å². The van der Waals surface area contributed by atoms with Crippen LogP contribution in [0, 0.1) is 6.92 Å². The van der Waals surface area contributed by atoms with Crippen LogP contribution in [0.4, 0.5) is 5.69 Å². The summed E-state index contributed by atoms with van der Waals surface area (Å²) in [5.41, 5.74) is 10.0. The summed E-state index contributed by atoms with van der Waals surface area (Å²) < 4.78 is 5.44. The van der Waals surface area contributed by atoms with Crippen molar-refractivity contribution < 1.29 is 14.3 Å². The Morgan fingerprint density at radius 1 is 0.969 bits per heavy atom. The summed E-state index contributed by atoms with van der Waals surface area (Å²) >= 11 is 0. The van der Waals surface area contributed by atoms with Gasteiger partial charge in [-0.25, -0.2) is 0 Å². The highest BCUT2D eigenvalue weighted by Crippen LogP contribution is 2.17. The standard InChI is InChI=1S/C26H29N3O3/c1-3-32-22-12-9-19(10-13-22)16-24(30)29-25(21-7-5-4-6-8-21)26(31)28-17-20-11-14-23(27)18(2)15-20/h4-15,25H,3,16-17,27H2,1-2H3,(H,28,31)(H,29,30). The molecule has 0 aliphatic carbocycles. The van der Waals surface area contributed by atoms with Gasteiger partial charge in [-0.2, -0.15) is 0 Å². The lowest BCUT2D eigenvalue weighted by Gasteiger charge is -2.19. The highest BCUT2D eigenvalue weighted by molar-refractivity contribution is 5.89. The Labute approximate surface area is 188 Å². The molecule has 166 valence electrons. The lowest BCUT2D eigenvalue weighted by atomic mass is 10.0. The van der Waals surface area contributed by atoms with Crippen molar-refractivity contribution in [1.82, 2.24) is 10.6 Å². The number of rotatable bonds is 9. The van der Waals surface area contributed by atoms with Crippen molar-refractivity contribution in [2.45, 2.75) is 32.9 Å². The lowest BCUT2D eigenvalue weighted by molar-refractivity contribution is -0.129. The molecular formula is C26H29N3O3. The van der Waals surface area contributed by atoms with E-state index in [-0.39, 0.29) is 18.2 Å². The van der Waals surface area contributed by atoms with E-state index in [2.05, 4.69) is 10.6 Å². The molecule has 0 spiro atoms. The molecule has 0 heterocycles. The van der Waals surface area contributed by atoms with Crippen LogP contribution in [0.25, 0.3) is 0 Å². The van der Waals surface area contributed by atoms with Gasteiger partial charge in [0.1, 0.15) is 11.8 Å². The second-order valence-electron chi connectivity index (χ2n) is 7.57. The molecular weight excluding hydrogens is 402 g/mol. The molecule has 3 aromatic rings. The van der Waals surface area contributed by atoms with Crippen LogP contribution in [-0.4, -0.2) is 18.4 Å². The third kappa shape index (κ3) is 6.35. The van der Waals surface area contributed by atoms with Gasteiger partial charge in [-0.3, -0.25) is 9.59 Å². The second kappa shape index (κ2) is 11.0. The number of ether oxygens (including phenoxy) is 1. The third-order valence-electron chi connectivity index (χ3n) is 5.10. The van der Waals surface area contributed by atoms with E-state index in [9.17, 15) is 9.59 Å². The Morgan fingerprint density at radius 2 is 1.66 bits per heavy atom. The van der Waals surface area contributed by atoms with E-state index >= 15 is 0 Å². The molecule has 3 rings (SSSR count). The fourth-order valence-corrected chi connectivity index (χ4v) is 3.35. The van der Waals surface area contributed by atoms with Gasteiger partial charge < -0.3 is 21.1 Å². The first-order valence-corrected chi connectivity index (χ1v) is 10.6. The highest BCUT2D eigenvalue weighted by Gasteiger charge is 2.22. The minimum atomic E-state index is -0.790. The van der Waals surface area contributed by atoms with Crippen molar-refractivity contribution in [3.63, 3.8) is 0 Å². The Morgan fingerprint density at radius 3 is 2.31 bits per heavy atom. The van der Waals surface area contributed by atoms with E-state index in [1.165, 1.54) is 0 Å². The summed E-state index contributed by atoms with van der Waals surface area (Å²) in [5.74, 6) is 0.253. The van der Waals surface area contributed by atoms with E-state index in [0.29, 0.717) is 18.8 Å². The lowest BCUT2D eigenvalue weighted by Crippen LogP contribution is -2.40. The van der Waals surface area contributed by atoms with Crippen LogP contribution in [0.3, 0.4) is 0 Å². The monoisotopic (exact) mass is 431 g/mol. The Bertz CT molecular complexity index is 1050. The normalized spacial score (nSPS) is 11.4. The van der Waals surface area contributed by atoms with E-state index in [0.717, 1.165) is 28.0 Å². The molecule has 4 N–H and O–H groups in total. The Kier molecular flexibility index (Phi) is 7.86. The number of nitrogens with one attached hydrogen (secondary N) is 2. The van der Waals surface area contributed by atoms with Crippen LogP contribution < -0.4 is 21.1 Å². The quantitative estimate of drug-likeness (QED) is 0.451. The van der Waals surface area contributed by atoms with Crippen molar-refractivity contribution in [2.24, 2.45) is 0 Å². The van der Waals surface area contributed by atoms with Crippen molar-refractivity contribution in [3.8, 4) is 5.75 Å². The molecule has 0 aliphatic rings. The van der Waals surface area contributed by atoms with Crippen LogP contribution in [0.2, 0.25) is 0 Å². The van der Waals surface area contributed by atoms with Crippen molar-refractivity contribution in [1.29, 1.82) is 0 Å². The third-order valence-corrected chi connectivity index (χ3v) is 5.10. The summed E-state index contributed by atoms with van der Waals surface area (Å²) in [7, 11) is 0. The zero-order valence-electron chi connectivity index (χ0n) is 18.4. The van der Waals surface area contributed by atoms with E-state index in [1.807, 2.05) is 86.6 Å². The number of hydrogen-bond donors (Lipinski definition) is 3. The number of amides is 2. The topological polar surface area (TPSA) is 93.4 Å². The molecule has 0 saturated carbocycles. The molecule has 0 radical (unpaired) electrons. The van der Waals surface area contributed by atoms with Gasteiger partial charge in [-0.05, 0) is 54.3 Å². The average Bonchev–Trinajstić information content (AvgIpc) is 2.80. The van der Waals surface area contributed by atoms with Gasteiger partial charge in [0.2, 0.25) is 11.8 Å². The zero-order chi connectivity index (χ0) is 22.9. The Hall–Kier alpha value is -3.80. The maximum absolute atomic E-state index is 13.0. The SMILES string of the molecule is CCOc1ccc(CC(=O)NC(C(=O)NCc2ccc(N)c(C)c2)c2ccccc2)cc1. The molecule has 0 aliphatic heterocycles. The van der Waals surface area contributed by atoms with Gasteiger partial charge in [0.15, 0.2) is 0 Å². The first kappa shape index (κ1) is 22.9. The molecule has 2 amide bonds. The van der Waals surface area contributed by atoms with Crippen molar-refractivity contribution in [2.75, 3.05) is 12.3 Å². The summed E-state index contributed by atoms with van der Waals surface area (Å²) in [6.07, 6.45) is 0.167. The summed E-state index contributed by atoms with van der Waals surface area (Å²) in [6.45, 7) is 4.78. The predicted molar refractivity (Wildman–Crippen MR) is 126 cm³/mol. The van der Waals surface area contributed by atoms with Gasteiger partial charge in [-0.1, -0.05) is 54.6 Å². The molecule has 0 fully saturated rings. The van der Waals surface area contributed by atoms with Crippen LogP contribution in [-0.2, 0) is 22.6 Å². The fourth-order valence-electron chi connectivity index (χ4n) is 3.35. The first-order valence-electron chi connectivity index (χ1n) is 10.6. The first-order chi connectivity index (χ1) is 15.5. The second-order valence-corrected chi connectivity index (χ2v) is 7.57. The van der Waals surface area contributed by atoms with Crippen molar-refractivity contribution >= 4 is 17.5 Å². The van der Waals surface area contributed by atoms with Gasteiger partial charge in [0.25, 0.3) is 0 Å². The van der Waals surface area contributed by atoms with Crippen LogP contribution >= 0.6 is 0 Å². The minimum absolute atomic E-state index is 0.167. The number of carbonyl (C=O) groups excluding carboxylic acids is 2. The summed E-state index contributed by atoms with van der Waals surface area (Å²) in [5, 5.41) is 5.80. The summed E-state index contributed by atoms with van der Waals surface area (Å²) in [4.78, 5) is 25.7. The van der Waals surface area contributed by atoms with Crippen LogP contribution in [0.1, 0.15) is 35.2 Å². The molecule has 1 unspecified atom stereocenters. The highest BCUT2D eigenvalue weighted by atomic mass is 16.5. The fraction of sp³-hybridized carbons (Fsp3) is 0.231. The maximum atomic E-state index is 13.0. The number of nitrogens with two attached hydrogens (primary N) is 1. The number of aryl methyl sites for hydroxylation is 1. The van der Waals surface area contributed by atoms with E-state index < -0.39 is 6.04 Å². The molecule has 32 heavy (non-hydrogen) atoms. The molecule has 3 aromatic carbocycles. The molecule has 0 aromatic heterocycles. The smallest absolute Gasteiger partial charge is 0.247 e. The van der Waals surface area contributed by atoms with Crippen molar-refractivity contribution in [3.05, 3.63) is 95.1 Å². The zero-order valence-corrected chi connectivity index (χ0v) is 18.4. The van der Waals surface area contributed by atoms with E-state index in [1.54, 1.807) is 0 Å². The van der Waals surface area contributed by atoms with Gasteiger partial charge in [-0.15, -0.1) is 0 Å². The minimum Gasteiger partial charge on any atom is -0.494 e. The molecule has 6 heteroatoms. The molecule has 6 nitrogen and oxygen atoms in total. The number of nitrogen functional groups attached to an aromatic ring is 1.